The molecular weight excluding hydrogens is 572 g/mol. The van der Waals surface area contributed by atoms with Gasteiger partial charge in [-0.15, -0.1) is 6.58 Å². The number of rotatable bonds is 7. The molecule has 11 heteroatoms. The van der Waals surface area contributed by atoms with Crippen LogP contribution in [0.4, 0.5) is 35.1 Å². The maximum atomic E-state index is 14.9. The summed E-state index contributed by atoms with van der Waals surface area (Å²) in [7, 11) is 0. The van der Waals surface area contributed by atoms with E-state index >= 15 is 0 Å². The van der Waals surface area contributed by atoms with Crippen LogP contribution in [0.5, 0.6) is 5.75 Å². The molecule has 0 amide bonds. The second kappa shape index (κ2) is 11.6. The van der Waals surface area contributed by atoms with Crippen LogP contribution in [0, 0.1) is 40.8 Å². The van der Waals surface area contributed by atoms with Crippen molar-refractivity contribution in [2.75, 3.05) is 13.2 Å². The molecule has 0 aliphatic carbocycles. The fourth-order valence-corrected chi connectivity index (χ4v) is 4.42. The standard InChI is InChI=1S/C31H20F8O3/c1-2-16-14-40-30(41-15-16)18-3-6-22(24(33)10-18)19-11-27(36)29(28(37)12-19)31(38,39)42-20-5-7-21(25(34)13-20)17-4-8-23(32)26(35)9-17/h2-13,16,30H,1,14-15H2. The lowest BCUT2D eigenvalue weighted by molar-refractivity contribution is -0.197. The quantitative estimate of drug-likeness (QED) is 0.159. The summed E-state index contributed by atoms with van der Waals surface area (Å²) in [5.74, 6) is -8.79. The maximum Gasteiger partial charge on any atom is 0.432 e. The van der Waals surface area contributed by atoms with Gasteiger partial charge in [-0.1, -0.05) is 24.3 Å². The molecule has 0 radical (unpaired) electrons. The zero-order valence-corrected chi connectivity index (χ0v) is 21.5. The molecule has 5 rings (SSSR count). The Kier molecular flexibility index (Phi) is 8.07. The molecule has 218 valence electrons. The van der Waals surface area contributed by atoms with E-state index in [1.54, 1.807) is 6.08 Å². The van der Waals surface area contributed by atoms with Crippen LogP contribution in [-0.4, -0.2) is 13.2 Å². The summed E-state index contributed by atoms with van der Waals surface area (Å²) in [6.07, 6.45) is -3.83. The number of hydrogen-bond acceptors (Lipinski definition) is 3. The Morgan fingerprint density at radius 3 is 1.86 bits per heavy atom. The average Bonchev–Trinajstić information content (AvgIpc) is 2.94. The third-order valence-corrected chi connectivity index (χ3v) is 6.58. The van der Waals surface area contributed by atoms with E-state index in [1.165, 1.54) is 12.1 Å². The van der Waals surface area contributed by atoms with Crippen molar-refractivity contribution in [3.05, 3.63) is 125 Å². The molecule has 1 saturated heterocycles. The van der Waals surface area contributed by atoms with Crippen LogP contribution in [0.2, 0.25) is 0 Å². The summed E-state index contributed by atoms with van der Waals surface area (Å²) in [5.41, 5.74) is -2.47. The van der Waals surface area contributed by atoms with E-state index in [1.807, 2.05) is 0 Å². The Morgan fingerprint density at radius 2 is 1.26 bits per heavy atom. The van der Waals surface area contributed by atoms with Crippen molar-refractivity contribution in [1.29, 1.82) is 0 Å². The fraction of sp³-hybridized carbons (Fsp3) is 0.161. The van der Waals surface area contributed by atoms with Gasteiger partial charge in [-0.25, -0.2) is 26.3 Å². The van der Waals surface area contributed by atoms with E-state index in [9.17, 15) is 35.1 Å². The minimum Gasteiger partial charge on any atom is -0.429 e. The van der Waals surface area contributed by atoms with Crippen molar-refractivity contribution in [3.63, 3.8) is 0 Å². The summed E-state index contributed by atoms with van der Waals surface area (Å²) < 4.78 is 131. The number of alkyl halides is 2. The summed E-state index contributed by atoms with van der Waals surface area (Å²) in [6.45, 7) is 4.25. The van der Waals surface area contributed by atoms with Gasteiger partial charge in [0.15, 0.2) is 17.9 Å². The van der Waals surface area contributed by atoms with Gasteiger partial charge in [-0.05, 0) is 53.6 Å². The Morgan fingerprint density at radius 1 is 0.667 bits per heavy atom. The second-order valence-corrected chi connectivity index (χ2v) is 9.44. The van der Waals surface area contributed by atoms with Crippen LogP contribution in [0.3, 0.4) is 0 Å². The van der Waals surface area contributed by atoms with Gasteiger partial charge in [0.2, 0.25) is 0 Å². The van der Waals surface area contributed by atoms with Gasteiger partial charge in [0, 0.05) is 28.7 Å². The summed E-state index contributed by atoms with van der Waals surface area (Å²) in [5, 5.41) is 0. The van der Waals surface area contributed by atoms with Gasteiger partial charge in [0.1, 0.15) is 34.6 Å². The molecule has 0 atom stereocenters. The van der Waals surface area contributed by atoms with Gasteiger partial charge in [-0.3, -0.25) is 0 Å². The number of hydrogen-bond donors (Lipinski definition) is 0. The topological polar surface area (TPSA) is 27.7 Å². The lowest BCUT2D eigenvalue weighted by Gasteiger charge is -2.28. The molecule has 4 aromatic carbocycles. The number of benzene rings is 4. The molecule has 42 heavy (non-hydrogen) atoms. The third-order valence-electron chi connectivity index (χ3n) is 6.58. The molecule has 4 aromatic rings. The van der Waals surface area contributed by atoms with E-state index in [-0.39, 0.29) is 28.2 Å². The predicted octanol–water partition coefficient (Wildman–Crippen LogP) is 8.83. The predicted molar refractivity (Wildman–Crippen MR) is 136 cm³/mol. The van der Waals surface area contributed by atoms with Gasteiger partial charge in [0.25, 0.3) is 0 Å². The van der Waals surface area contributed by atoms with Gasteiger partial charge in [0.05, 0.1) is 13.2 Å². The molecule has 3 nitrogen and oxygen atoms in total. The molecular formula is C31H20F8O3. The van der Waals surface area contributed by atoms with E-state index in [2.05, 4.69) is 11.3 Å². The van der Waals surface area contributed by atoms with Crippen LogP contribution in [0.1, 0.15) is 17.4 Å². The highest BCUT2D eigenvalue weighted by Gasteiger charge is 2.41. The lowest BCUT2D eigenvalue weighted by atomic mass is 10.00. The van der Waals surface area contributed by atoms with Crippen molar-refractivity contribution < 1.29 is 49.3 Å². The molecule has 0 spiro atoms. The van der Waals surface area contributed by atoms with Crippen molar-refractivity contribution in [2.24, 2.45) is 5.92 Å². The average molecular weight is 592 g/mol. The van der Waals surface area contributed by atoms with Crippen LogP contribution in [-0.2, 0) is 15.6 Å². The molecule has 0 unspecified atom stereocenters. The van der Waals surface area contributed by atoms with Crippen molar-refractivity contribution in [2.45, 2.75) is 12.4 Å². The molecule has 0 N–H and O–H groups in total. The van der Waals surface area contributed by atoms with Crippen LogP contribution in [0.25, 0.3) is 22.3 Å². The van der Waals surface area contributed by atoms with E-state index < -0.39 is 58.6 Å². The Hall–Kier alpha value is -4.22. The molecule has 0 aromatic heterocycles. The van der Waals surface area contributed by atoms with Crippen molar-refractivity contribution in [1.82, 2.24) is 0 Å². The lowest BCUT2D eigenvalue weighted by Crippen LogP contribution is -2.25. The fourth-order valence-electron chi connectivity index (χ4n) is 4.42. The normalized spacial score (nSPS) is 17.2. The highest BCUT2D eigenvalue weighted by Crippen LogP contribution is 2.39. The monoisotopic (exact) mass is 592 g/mol. The maximum absolute atomic E-state index is 14.9. The third kappa shape index (κ3) is 5.88. The Balaban J connectivity index is 1.37. The summed E-state index contributed by atoms with van der Waals surface area (Å²) >= 11 is 0. The van der Waals surface area contributed by atoms with Crippen molar-refractivity contribution >= 4 is 0 Å². The molecule has 0 bridgehead atoms. The molecule has 1 aliphatic rings. The SMILES string of the molecule is C=CC1COC(c2ccc(-c3cc(F)c(C(F)(F)Oc4ccc(-c5ccc(F)c(F)c5)c(F)c4)c(F)c3)c(F)c2)OC1. The zero-order valence-electron chi connectivity index (χ0n) is 21.5. The molecule has 0 saturated carbocycles. The minimum absolute atomic E-state index is 0.0253. The first-order valence-electron chi connectivity index (χ1n) is 12.4. The number of halogens is 8. The first-order chi connectivity index (χ1) is 20.0. The highest BCUT2D eigenvalue weighted by atomic mass is 19.3. The highest BCUT2D eigenvalue weighted by molar-refractivity contribution is 5.66. The van der Waals surface area contributed by atoms with Crippen LogP contribution < -0.4 is 4.74 Å². The van der Waals surface area contributed by atoms with E-state index in [4.69, 9.17) is 9.47 Å². The Bertz CT molecular complexity index is 1620. The largest absolute Gasteiger partial charge is 0.432 e. The molecule has 1 heterocycles. The number of ether oxygens (including phenoxy) is 3. The van der Waals surface area contributed by atoms with E-state index in [0.717, 1.165) is 30.3 Å². The van der Waals surface area contributed by atoms with Gasteiger partial charge >= 0.3 is 6.11 Å². The van der Waals surface area contributed by atoms with E-state index in [0.29, 0.717) is 43.0 Å². The van der Waals surface area contributed by atoms with Gasteiger partial charge in [-0.2, -0.15) is 8.78 Å². The Labute approximate surface area is 234 Å². The van der Waals surface area contributed by atoms with Crippen LogP contribution >= 0.6 is 0 Å². The summed E-state index contributed by atoms with van der Waals surface area (Å²) in [4.78, 5) is 0. The molecule has 1 aliphatic heterocycles. The zero-order chi connectivity index (χ0) is 30.2. The summed E-state index contributed by atoms with van der Waals surface area (Å²) in [6, 6.07) is 9.57. The minimum atomic E-state index is -4.62. The smallest absolute Gasteiger partial charge is 0.429 e. The van der Waals surface area contributed by atoms with Crippen LogP contribution in [0.15, 0.2) is 79.4 Å². The first kappa shape index (κ1) is 29.3. The first-order valence-corrected chi connectivity index (χ1v) is 12.4. The second-order valence-electron chi connectivity index (χ2n) is 9.44. The van der Waals surface area contributed by atoms with Gasteiger partial charge < -0.3 is 14.2 Å². The molecule has 1 fully saturated rings. The van der Waals surface area contributed by atoms with Crippen molar-refractivity contribution in [3.8, 4) is 28.0 Å².